The third-order valence-electron chi connectivity index (χ3n) is 5.67. The molecule has 2 aliphatic rings. The lowest BCUT2D eigenvalue weighted by molar-refractivity contribution is -0.156. The Labute approximate surface area is 165 Å². The maximum Gasteiger partial charge on any atom is 0.303 e. The van der Waals surface area contributed by atoms with E-state index in [-0.39, 0.29) is 24.6 Å². The predicted molar refractivity (Wildman–Crippen MR) is 103 cm³/mol. The van der Waals surface area contributed by atoms with Crippen LogP contribution in [0.1, 0.15) is 38.4 Å². The van der Waals surface area contributed by atoms with E-state index in [9.17, 15) is 9.59 Å². The van der Waals surface area contributed by atoms with Crippen molar-refractivity contribution in [1.82, 2.24) is 0 Å². The zero-order valence-corrected chi connectivity index (χ0v) is 16.5. The normalized spacial score (nSPS) is 25.2. The van der Waals surface area contributed by atoms with Crippen LogP contribution in [0.3, 0.4) is 0 Å². The minimum Gasteiger partial charge on any atom is -0.457 e. The summed E-state index contributed by atoms with van der Waals surface area (Å²) in [6.45, 7) is 7.31. The number of benzene rings is 1. The highest BCUT2D eigenvalue weighted by atomic mass is 16.7. The van der Waals surface area contributed by atoms with Gasteiger partial charge in [0.1, 0.15) is 6.10 Å². The highest BCUT2D eigenvalue weighted by Crippen LogP contribution is 2.49. The van der Waals surface area contributed by atoms with Gasteiger partial charge < -0.3 is 18.9 Å². The van der Waals surface area contributed by atoms with Crippen molar-refractivity contribution in [3.8, 4) is 11.5 Å². The zero-order valence-electron chi connectivity index (χ0n) is 16.5. The summed E-state index contributed by atoms with van der Waals surface area (Å²) < 4.78 is 22.1. The third-order valence-corrected chi connectivity index (χ3v) is 5.67. The number of ketones is 1. The van der Waals surface area contributed by atoms with E-state index in [4.69, 9.17) is 18.9 Å². The Kier molecular flexibility index (Phi) is 5.89. The van der Waals surface area contributed by atoms with Gasteiger partial charge in [-0.1, -0.05) is 25.1 Å². The number of hydrogen-bond acceptors (Lipinski definition) is 6. The summed E-state index contributed by atoms with van der Waals surface area (Å²) in [7, 11) is 1.62. The van der Waals surface area contributed by atoms with Crippen LogP contribution in [0, 0.1) is 11.3 Å². The number of carbonyl (C=O) groups is 2. The molecule has 0 saturated heterocycles. The van der Waals surface area contributed by atoms with Gasteiger partial charge in [-0.15, -0.1) is 6.58 Å². The molecule has 1 aliphatic carbocycles. The van der Waals surface area contributed by atoms with Crippen LogP contribution in [0.2, 0.25) is 0 Å². The monoisotopic (exact) mass is 386 g/mol. The van der Waals surface area contributed by atoms with E-state index >= 15 is 0 Å². The molecule has 28 heavy (non-hydrogen) atoms. The molecule has 0 saturated carbocycles. The number of methoxy groups -OCH3 is 1. The Morgan fingerprint density at radius 3 is 2.82 bits per heavy atom. The van der Waals surface area contributed by atoms with Crippen LogP contribution < -0.4 is 9.47 Å². The summed E-state index contributed by atoms with van der Waals surface area (Å²) in [5.41, 5.74) is -0.0279. The largest absolute Gasteiger partial charge is 0.457 e. The minimum absolute atomic E-state index is 0.00825. The number of ether oxygens (including phenoxy) is 4. The summed E-state index contributed by atoms with van der Waals surface area (Å²) in [5.74, 6) is 0.514. The first kappa shape index (κ1) is 20.1. The highest BCUT2D eigenvalue weighted by molar-refractivity contribution is 5.96. The molecule has 6 nitrogen and oxygen atoms in total. The molecule has 150 valence electrons. The van der Waals surface area contributed by atoms with Crippen LogP contribution in [-0.4, -0.2) is 31.8 Å². The Balaban J connectivity index is 2.02. The predicted octanol–water partition coefficient (Wildman–Crippen LogP) is 3.76. The average Bonchev–Trinajstić information content (AvgIpc) is 3.15. The fourth-order valence-electron chi connectivity index (χ4n) is 4.11. The molecule has 1 aliphatic heterocycles. The Bertz CT molecular complexity index is 798. The molecule has 1 heterocycles. The van der Waals surface area contributed by atoms with Crippen molar-refractivity contribution in [3.63, 3.8) is 0 Å². The molecule has 6 heteroatoms. The molecule has 0 fully saturated rings. The van der Waals surface area contributed by atoms with E-state index < -0.39 is 17.5 Å². The van der Waals surface area contributed by atoms with Crippen molar-refractivity contribution in [2.24, 2.45) is 11.3 Å². The van der Waals surface area contributed by atoms with E-state index in [1.54, 1.807) is 31.4 Å². The number of carbonyl (C=O) groups excluding carboxylic acids is 2. The molecular formula is C22H26O6. The second-order valence-electron chi connectivity index (χ2n) is 7.28. The van der Waals surface area contributed by atoms with Crippen LogP contribution >= 0.6 is 0 Å². The summed E-state index contributed by atoms with van der Waals surface area (Å²) >= 11 is 0. The van der Waals surface area contributed by atoms with Crippen LogP contribution in [0.15, 0.2) is 43.0 Å². The molecule has 0 spiro atoms. The summed E-state index contributed by atoms with van der Waals surface area (Å²) in [5, 5.41) is 0. The molecule has 0 N–H and O–H groups in total. The van der Waals surface area contributed by atoms with E-state index in [1.807, 2.05) is 19.1 Å². The van der Waals surface area contributed by atoms with Gasteiger partial charge in [0, 0.05) is 25.4 Å². The summed E-state index contributed by atoms with van der Waals surface area (Å²) in [6.07, 6.45) is 5.23. The second kappa shape index (κ2) is 8.19. The van der Waals surface area contributed by atoms with Crippen molar-refractivity contribution < 1.29 is 28.5 Å². The number of allylic oxidation sites excluding steroid dienone is 2. The maximum absolute atomic E-state index is 13.0. The molecule has 0 amide bonds. The number of fused-ring (bicyclic) bond motifs is 1. The lowest BCUT2D eigenvalue weighted by Gasteiger charge is -2.43. The molecule has 1 aromatic rings. The first-order chi connectivity index (χ1) is 13.4. The maximum atomic E-state index is 13.0. The molecule has 4 atom stereocenters. The van der Waals surface area contributed by atoms with Crippen LogP contribution in [0.4, 0.5) is 0 Å². The van der Waals surface area contributed by atoms with Crippen LogP contribution in [0.25, 0.3) is 0 Å². The second-order valence-corrected chi connectivity index (χ2v) is 7.28. The first-order valence-corrected chi connectivity index (χ1v) is 9.34. The van der Waals surface area contributed by atoms with Gasteiger partial charge >= 0.3 is 5.97 Å². The van der Waals surface area contributed by atoms with Crippen LogP contribution in [0.5, 0.6) is 11.5 Å². The highest BCUT2D eigenvalue weighted by Gasteiger charge is 2.48. The standard InChI is InChI=1S/C22H26O6/c1-5-10-22(12-17(25-4)7-9-20(22)24)14(2)21(28-15(3)23)16-6-8-18-19(11-16)27-13-26-18/h5-9,11,14,17,21H,1,10,12-13H2,2-4H3/t14-,17+,21+,22-/m0/s1. The van der Waals surface area contributed by atoms with Crippen molar-refractivity contribution in [2.45, 2.75) is 38.9 Å². The number of rotatable bonds is 7. The van der Waals surface area contributed by atoms with E-state index in [2.05, 4.69) is 6.58 Å². The van der Waals surface area contributed by atoms with Crippen LogP contribution in [-0.2, 0) is 19.1 Å². The van der Waals surface area contributed by atoms with Gasteiger partial charge in [-0.3, -0.25) is 9.59 Å². The first-order valence-electron chi connectivity index (χ1n) is 9.34. The van der Waals surface area contributed by atoms with Gasteiger partial charge in [-0.2, -0.15) is 0 Å². The van der Waals surface area contributed by atoms with Gasteiger partial charge in [0.2, 0.25) is 6.79 Å². The van der Waals surface area contributed by atoms with E-state index in [1.165, 1.54) is 6.92 Å². The average molecular weight is 386 g/mol. The topological polar surface area (TPSA) is 71.1 Å². The number of hydrogen-bond donors (Lipinski definition) is 0. The molecule has 0 unspecified atom stereocenters. The lowest BCUT2D eigenvalue weighted by Crippen LogP contribution is -2.45. The van der Waals surface area contributed by atoms with Crippen molar-refractivity contribution in [3.05, 3.63) is 48.6 Å². The quantitative estimate of drug-likeness (QED) is 0.525. The lowest BCUT2D eigenvalue weighted by atomic mass is 9.62. The summed E-state index contributed by atoms with van der Waals surface area (Å²) in [6, 6.07) is 5.45. The Morgan fingerprint density at radius 1 is 1.39 bits per heavy atom. The van der Waals surface area contributed by atoms with Gasteiger partial charge in [0.05, 0.1) is 6.10 Å². The Hall–Kier alpha value is -2.60. The Morgan fingerprint density at radius 2 is 2.14 bits per heavy atom. The van der Waals surface area contributed by atoms with Gasteiger partial charge in [0.25, 0.3) is 0 Å². The van der Waals surface area contributed by atoms with E-state index in [0.29, 0.717) is 24.3 Å². The smallest absolute Gasteiger partial charge is 0.303 e. The molecule has 0 radical (unpaired) electrons. The van der Waals surface area contributed by atoms with E-state index in [0.717, 1.165) is 5.56 Å². The molecular weight excluding hydrogens is 360 g/mol. The fourth-order valence-corrected chi connectivity index (χ4v) is 4.11. The SMILES string of the molecule is C=CC[C@@]1([C@@H](C)[C@@H](OC(C)=O)c2ccc3c(c2)OCO3)C[C@H](OC)C=CC1=O. The third kappa shape index (κ3) is 3.69. The molecule has 0 aromatic heterocycles. The minimum atomic E-state index is -0.784. The number of esters is 1. The van der Waals surface area contributed by atoms with Crippen molar-refractivity contribution >= 4 is 11.8 Å². The van der Waals surface area contributed by atoms with Gasteiger partial charge in [-0.05, 0) is 36.6 Å². The zero-order chi connectivity index (χ0) is 20.3. The van der Waals surface area contributed by atoms with Crippen molar-refractivity contribution in [2.75, 3.05) is 13.9 Å². The van der Waals surface area contributed by atoms with Gasteiger partial charge in [-0.25, -0.2) is 0 Å². The van der Waals surface area contributed by atoms with Crippen molar-refractivity contribution in [1.29, 1.82) is 0 Å². The summed E-state index contributed by atoms with van der Waals surface area (Å²) in [4.78, 5) is 24.9. The fraction of sp³-hybridized carbons (Fsp3) is 0.455. The molecule has 0 bridgehead atoms. The van der Waals surface area contributed by atoms with Gasteiger partial charge in [0.15, 0.2) is 17.3 Å². The molecule has 1 aromatic carbocycles. The molecule has 3 rings (SSSR count).